The van der Waals surface area contributed by atoms with Gasteiger partial charge in [0.1, 0.15) is 5.82 Å². The van der Waals surface area contributed by atoms with E-state index in [1.165, 1.54) is 19.3 Å². The summed E-state index contributed by atoms with van der Waals surface area (Å²) in [7, 11) is 1.86. The number of carbonyl (C=O) groups is 1. The summed E-state index contributed by atoms with van der Waals surface area (Å²) in [4.78, 5) is 11.8. The van der Waals surface area contributed by atoms with Crippen LogP contribution in [0, 0.1) is 0 Å². The highest BCUT2D eigenvalue weighted by molar-refractivity contribution is 5.99. The molecule has 0 unspecified atom stereocenters. The summed E-state index contributed by atoms with van der Waals surface area (Å²) < 4.78 is 1.73. The summed E-state index contributed by atoms with van der Waals surface area (Å²) in [5.74, 6) is 1.26. The van der Waals surface area contributed by atoms with Crippen molar-refractivity contribution >= 4 is 24.1 Å². The third kappa shape index (κ3) is 2.24. The summed E-state index contributed by atoms with van der Waals surface area (Å²) in [6, 6.07) is 1.98. The maximum atomic E-state index is 11.8. The van der Waals surface area contributed by atoms with E-state index >= 15 is 0 Å². The number of aromatic nitrogens is 2. The summed E-state index contributed by atoms with van der Waals surface area (Å²) in [5, 5.41) is 7.32. The Bertz CT molecular complexity index is 463. The first-order valence-electron chi connectivity index (χ1n) is 6.23. The van der Waals surface area contributed by atoms with Crippen LogP contribution >= 0.6 is 12.4 Å². The van der Waals surface area contributed by atoms with Gasteiger partial charge in [-0.05, 0) is 25.7 Å². The zero-order valence-electron chi connectivity index (χ0n) is 10.5. The Hall–Kier alpha value is -1.07. The fourth-order valence-electron chi connectivity index (χ4n) is 2.11. The van der Waals surface area contributed by atoms with Crippen LogP contribution < -0.4 is 11.1 Å². The van der Waals surface area contributed by atoms with E-state index in [2.05, 4.69) is 10.4 Å². The minimum Gasteiger partial charge on any atom is -0.317 e. The topological polar surface area (TPSA) is 72.9 Å². The Balaban J connectivity index is 0.00000120. The number of rotatable bonds is 3. The molecule has 0 radical (unpaired) electrons. The molecule has 1 heterocycles. The Morgan fingerprint density at radius 1 is 1.56 bits per heavy atom. The molecule has 100 valence electrons. The number of nitrogens with zero attached hydrogens (tertiary/aromatic N) is 2. The lowest BCUT2D eigenvalue weighted by atomic mass is 9.83. The van der Waals surface area contributed by atoms with Gasteiger partial charge in [-0.1, -0.05) is 6.42 Å². The molecule has 3 rings (SSSR count). The number of carbonyl (C=O) groups excluding carboxylic acids is 1. The van der Waals surface area contributed by atoms with Crippen molar-refractivity contribution in [3.63, 3.8) is 0 Å². The van der Waals surface area contributed by atoms with E-state index in [9.17, 15) is 4.79 Å². The van der Waals surface area contributed by atoms with Gasteiger partial charge in [0.05, 0.1) is 11.2 Å². The Kier molecular flexibility index (Phi) is 3.38. The molecular formula is C12H19ClN4O. The van der Waals surface area contributed by atoms with Gasteiger partial charge in [0.25, 0.3) is 0 Å². The van der Waals surface area contributed by atoms with Crippen LogP contribution in [0.1, 0.15) is 43.7 Å². The van der Waals surface area contributed by atoms with E-state index in [4.69, 9.17) is 5.73 Å². The molecule has 6 heteroatoms. The second-order valence-electron chi connectivity index (χ2n) is 5.32. The second kappa shape index (κ2) is 4.55. The lowest BCUT2D eigenvalue weighted by Crippen LogP contribution is -2.38. The van der Waals surface area contributed by atoms with Crippen LogP contribution in [-0.4, -0.2) is 21.2 Å². The summed E-state index contributed by atoms with van der Waals surface area (Å²) >= 11 is 0. The van der Waals surface area contributed by atoms with Gasteiger partial charge < -0.3 is 11.1 Å². The van der Waals surface area contributed by atoms with E-state index in [0.717, 1.165) is 24.4 Å². The highest BCUT2D eigenvalue weighted by Crippen LogP contribution is 2.37. The SMILES string of the molecule is Cl.Cn1nc(C2CCC2)cc1NC(=O)C1(N)CC1. The smallest absolute Gasteiger partial charge is 0.245 e. The van der Waals surface area contributed by atoms with Gasteiger partial charge in [-0.15, -0.1) is 12.4 Å². The largest absolute Gasteiger partial charge is 0.317 e. The van der Waals surface area contributed by atoms with Gasteiger partial charge in [-0.25, -0.2) is 0 Å². The molecule has 0 aliphatic heterocycles. The molecule has 0 saturated heterocycles. The van der Waals surface area contributed by atoms with Crippen molar-refractivity contribution in [1.29, 1.82) is 0 Å². The van der Waals surface area contributed by atoms with Crippen molar-refractivity contribution in [3.8, 4) is 0 Å². The van der Waals surface area contributed by atoms with Gasteiger partial charge in [-0.3, -0.25) is 9.48 Å². The van der Waals surface area contributed by atoms with Crippen molar-refractivity contribution in [2.24, 2.45) is 12.8 Å². The van der Waals surface area contributed by atoms with Crippen LogP contribution in [0.5, 0.6) is 0 Å². The van der Waals surface area contributed by atoms with Crippen molar-refractivity contribution in [2.45, 2.75) is 43.6 Å². The molecule has 0 aromatic carbocycles. The third-order valence-corrected chi connectivity index (χ3v) is 3.90. The highest BCUT2D eigenvalue weighted by Gasteiger charge is 2.46. The zero-order valence-corrected chi connectivity index (χ0v) is 11.3. The molecule has 0 spiro atoms. The van der Waals surface area contributed by atoms with Crippen molar-refractivity contribution < 1.29 is 4.79 Å². The predicted molar refractivity (Wildman–Crippen MR) is 71.8 cm³/mol. The number of nitrogens with two attached hydrogens (primary N) is 1. The predicted octanol–water partition coefficient (Wildman–Crippen LogP) is 1.54. The van der Waals surface area contributed by atoms with Crippen molar-refractivity contribution in [2.75, 3.05) is 5.32 Å². The lowest BCUT2D eigenvalue weighted by Gasteiger charge is -2.22. The minimum absolute atomic E-state index is 0. The van der Waals surface area contributed by atoms with Crippen LogP contribution in [-0.2, 0) is 11.8 Å². The second-order valence-corrected chi connectivity index (χ2v) is 5.32. The first kappa shape index (κ1) is 13.4. The fraction of sp³-hybridized carbons (Fsp3) is 0.667. The maximum Gasteiger partial charge on any atom is 0.245 e. The van der Waals surface area contributed by atoms with Crippen LogP contribution in [0.4, 0.5) is 5.82 Å². The first-order valence-corrected chi connectivity index (χ1v) is 6.23. The van der Waals surface area contributed by atoms with Crippen LogP contribution in [0.25, 0.3) is 0 Å². The number of amides is 1. The Labute approximate surface area is 113 Å². The summed E-state index contributed by atoms with van der Waals surface area (Å²) in [6.45, 7) is 0. The average molecular weight is 271 g/mol. The Morgan fingerprint density at radius 3 is 2.72 bits per heavy atom. The normalized spacial score (nSPS) is 20.8. The van der Waals surface area contributed by atoms with Crippen LogP contribution in [0.2, 0.25) is 0 Å². The number of aryl methyl sites for hydroxylation is 1. The van der Waals surface area contributed by atoms with Crippen molar-refractivity contribution in [3.05, 3.63) is 11.8 Å². The van der Waals surface area contributed by atoms with E-state index in [0.29, 0.717) is 5.92 Å². The molecule has 2 aliphatic rings. The van der Waals surface area contributed by atoms with Gasteiger partial charge in [-0.2, -0.15) is 5.10 Å². The molecule has 2 aliphatic carbocycles. The third-order valence-electron chi connectivity index (χ3n) is 3.90. The van der Waals surface area contributed by atoms with Gasteiger partial charge in [0, 0.05) is 19.0 Å². The first-order chi connectivity index (χ1) is 8.08. The van der Waals surface area contributed by atoms with Gasteiger partial charge >= 0.3 is 0 Å². The van der Waals surface area contributed by atoms with Gasteiger partial charge in [0.2, 0.25) is 5.91 Å². The van der Waals surface area contributed by atoms with E-state index in [-0.39, 0.29) is 18.3 Å². The molecule has 5 nitrogen and oxygen atoms in total. The molecule has 0 bridgehead atoms. The average Bonchev–Trinajstić information content (AvgIpc) is 2.85. The number of hydrogen-bond donors (Lipinski definition) is 2. The monoisotopic (exact) mass is 270 g/mol. The molecule has 1 amide bonds. The zero-order chi connectivity index (χ0) is 12.0. The fourth-order valence-corrected chi connectivity index (χ4v) is 2.11. The molecule has 0 atom stereocenters. The molecule has 3 N–H and O–H groups in total. The number of anilines is 1. The minimum atomic E-state index is -0.624. The molecule has 1 aromatic heterocycles. The maximum absolute atomic E-state index is 11.8. The molecule has 18 heavy (non-hydrogen) atoms. The van der Waals surface area contributed by atoms with Crippen molar-refractivity contribution in [1.82, 2.24) is 9.78 Å². The van der Waals surface area contributed by atoms with Crippen LogP contribution in [0.15, 0.2) is 6.07 Å². The summed E-state index contributed by atoms with van der Waals surface area (Å²) in [6.07, 6.45) is 5.28. The number of halogens is 1. The molecule has 2 fully saturated rings. The summed E-state index contributed by atoms with van der Waals surface area (Å²) in [5.41, 5.74) is 6.32. The van der Waals surface area contributed by atoms with Gasteiger partial charge in [0.15, 0.2) is 0 Å². The van der Waals surface area contributed by atoms with E-state index in [1.807, 2.05) is 13.1 Å². The Morgan fingerprint density at radius 2 is 2.22 bits per heavy atom. The highest BCUT2D eigenvalue weighted by atomic mass is 35.5. The number of nitrogens with one attached hydrogen (secondary N) is 1. The van der Waals surface area contributed by atoms with E-state index in [1.54, 1.807) is 4.68 Å². The lowest BCUT2D eigenvalue weighted by molar-refractivity contribution is -0.118. The molecule has 2 saturated carbocycles. The standard InChI is InChI=1S/C12H18N4O.ClH/c1-16-10(14-11(17)12(13)5-6-12)7-9(15-16)8-3-2-4-8;/h7-8H,2-6,13H2,1H3,(H,14,17);1H. The number of hydrogen-bond acceptors (Lipinski definition) is 3. The molecule has 1 aromatic rings. The van der Waals surface area contributed by atoms with Crippen LogP contribution in [0.3, 0.4) is 0 Å². The van der Waals surface area contributed by atoms with E-state index < -0.39 is 5.54 Å². The quantitative estimate of drug-likeness (QED) is 0.875. The molecular weight excluding hydrogens is 252 g/mol.